The molecule has 0 aromatic heterocycles. The first kappa shape index (κ1) is 28.4. The topological polar surface area (TPSA) is 103 Å². The maximum Gasteiger partial charge on any atom is 0.418 e. The minimum absolute atomic E-state index is 0. The second-order valence-electron chi connectivity index (χ2n) is 9.10. The predicted molar refractivity (Wildman–Crippen MR) is 133 cm³/mol. The number of phenols is 1. The van der Waals surface area contributed by atoms with Gasteiger partial charge in [-0.05, 0) is 94.7 Å². The van der Waals surface area contributed by atoms with E-state index in [-0.39, 0.29) is 36.1 Å². The minimum atomic E-state index is -4.61. The van der Waals surface area contributed by atoms with Crippen LogP contribution >= 0.6 is 12.4 Å². The lowest BCUT2D eigenvalue weighted by atomic mass is 9.85. The van der Waals surface area contributed by atoms with Gasteiger partial charge in [-0.15, -0.1) is 12.4 Å². The van der Waals surface area contributed by atoms with E-state index >= 15 is 0 Å². The van der Waals surface area contributed by atoms with E-state index in [2.05, 4.69) is 11.9 Å². The number of benzene rings is 2. The van der Waals surface area contributed by atoms with Crippen LogP contribution in [0, 0.1) is 20.8 Å². The molecule has 10 heteroatoms. The fourth-order valence-corrected chi connectivity index (χ4v) is 4.33. The number of hydrogen-bond donors (Lipinski definition) is 3. The number of phenolic OH excluding ortho intramolecular Hbond substituents is 1. The number of unbranched alkanes of at least 4 members (excludes halogenated alkanes) is 1. The predicted octanol–water partition coefficient (Wildman–Crippen LogP) is 6.00. The van der Waals surface area contributed by atoms with Gasteiger partial charge in [0.15, 0.2) is 5.96 Å². The normalized spacial score (nSPS) is 17.1. The zero-order valence-electron chi connectivity index (χ0n) is 20.4. The van der Waals surface area contributed by atoms with Gasteiger partial charge in [0.2, 0.25) is 0 Å². The van der Waals surface area contributed by atoms with Crippen molar-refractivity contribution in [1.82, 2.24) is 0 Å². The fraction of sp³-hybridized carbons (Fsp3) is 0.480. The van der Waals surface area contributed by atoms with Gasteiger partial charge >= 0.3 is 6.18 Å². The molecule has 1 unspecified atom stereocenters. The highest BCUT2D eigenvalue weighted by molar-refractivity contribution is 5.85. The Bertz CT molecular complexity index is 1100. The van der Waals surface area contributed by atoms with Crippen LogP contribution in [0.4, 0.5) is 18.9 Å². The summed E-state index contributed by atoms with van der Waals surface area (Å²) in [4.78, 5) is 3.54. The molecule has 194 valence electrons. The molecule has 3 rings (SSSR count). The molecule has 0 radical (unpaired) electrons. The lowest BCUT2D eigenvalue weighted by Crippen LogP contribution is -2.37. The highest BCUT2D eigenvalue weighted by atomic mass is 35.5. The van der Waals surface area contributed by atoms with Crippen LogP contribution in [0.2, 0.25) is 0 Å². The SMILES string of the molecule is Cc1c(C)c2c(c(C)c1O)CCC(C)(CCCCOc1ccc(N=C(N)N)c(C(F)(F)F)c1)O2.Cl. The number of alkyl halides is 3. The van der Waals surface area contributed by atoms with Gasteiger partial charge in [-0.25, -0.2) is 4.99 Å². The Morgan fingerprint density at radius 3 is 2.46 bits per heavy atom. The monoisotopic (exact) mass is 515 g/mol. The highest BCUT2D eigenvalue weighted by Crippen LogP contribution is 2.44. The van der Waals surface area contributed by atoms with Crippen molar-refractivity contribution in [2.75, 3.05) is 6.61 Å². The molecule has 0 spiro atoms. The first-order chi connectivity index (χ1) is 15.8. The molecule has 0 saturated carbocycles. The molecule has 1 heterocycles. The molecule has 35 heavy (non-hydrogen) atoms. The van der Waals surface area contributed by atoms with E-state index in [1.807, 2.05) is 20.8 Å². The zero-order valence-corrected chi connectivity index (χ0v) is 21.2. The molecule has 2 aromatic carbocycles. The first-order valence-corrected chi connectivity index (χ1v) is 11.3. The van der Waals surface area contributed by atoms with E-state index in [9.17, 15) is 18.3 Å². The van der Waals surface area contributed by atoms with Crippen molar-refractivity contribution < 1.29 is 27.8 Å². The molecule has 0 bridgehead atoms. The average molecular weight is 516 g/mol. The van der Waals surface area contributed by atoms with Crippen LogP contribution < -0.4 is 20.9 Å². The maximum atomic E-state index is 13.3. The van der Waals surface area contributed by atoms with E-state index in [0.717, 1.165) is 59.8 Å². The Kier molecular flexibility index (Phi) is 8.81. The summed E-state index contributed by atoms with van der Waals surface area (Å²) in [5, 5.41) is 10.3. The van der Waals surface area contributed by atoms with E-state index in [1.165, 1.54) is 12.1 Å². The Morgan fingerprint density at radius 1 is 1.14 bits per heavy atom. The van der Waals surface area contributed by atoms with Gasteiger partial charge in [0.25, 0.3) is 0 Å². The third-order valence-corrected chi connectivity index (χ3v) is 6.48. The van der Waals surface area contributed by atoms with Crippen LogP contribution in [0.25, 0.3) is 0 Å². The van der Waals surface area contributed by atoms with Crippen LogP contribution in [0.1, 0.15) is 60.4 Å². The van der Waals surface area contributed by atoms with Crippen molar-refractivity contribution in [3.05, 3.63) is 46.0 Å². The molecule has 0 aliphatic carbocycles. The Morgan fingerprint density at radius 2 is 1.83 bits per heavy atom. The van der Waals surface area contributed by atoms with Crippen LogP contribution in [-0.2, 0) is 12.6 Å². The van der Waals surface area contributed by atoms with Crippen molar-refractivity contribution in [2.45, 2.75) is 71.6 Å². The molecule has 2 aromatic rings. The smallest absolute Gasteiger partial charge is 0.418 e. The van der Waals surface area contributed by atoms with Crippen LogP contribution in [-0.4, -0.2) is 23.3 Å². The third kappa shape index (κ3) is 6.45. The lowest BCUT2D eigenvalue weighted by Gasteiger charge is -2.38. The number of nitrogens with two attached hydrogens (primary N) is 2. The van der Waals surface area contributed by atoms with E-state index in [1.54, 1.807) is 0 Å². The van der Waals surface area contributed by atoms with E-state index in [0.29, 0.717) is 12.2 Å². The minimum Gasteiger partial charge on any atom is -0.507 e. The molecular weight excluding hydrogens is 483 g/mol. The number of guanidine groups is 1. The van der Waals surface area contributed by atoms with Gasteiger partial charge in [-0.2, -0.15) is 13.2 Å². The van der Waals surface area contributed by atoms with Gasteiger partial charge in [0.05, 0.1) is 17.9 Å². The second-order valence-corrected chi connectivity index (χ2v) is 9.10. The molecule has 1 atom stereocenters. The van der Waals surface area contributed by atoms with Gasteiger partial charge < -0.3 is 26.0 Å². The molecule has 0 amide bonds. The average Bonchev–Trinajstić information content (AvgIpc) is 2.75. The zero-order chi connectivity index (χ0) is 25.3. The molecule has 0 saturated heterocycles. The second kappa shape index (κ2) is 10.8. The Labute approximate surface area is 209 Å². The van der Waals surface area contributed by atoms with Crippen LogP contribution in [0.5, 0.6) is 17.2 Å². The van der Waals surface area contributed by atoms with Gasteiger partial charge in [0.1, 0.15) is 22.8 Å². The number of fused-ring (bicyclic) bond motifs is 1. The summed E-state index contributed by atoms with van der Waals surface area (Å²) in [6.07, 6.45) is -0.724. The number of aliphatic imine (C=N–C) groups is 1. The number of rotatable bonds is 7. The summed E-state index contributed by atoms with van der Waals surface area (Å²) in [6.45, 7) is 8.11. The van der Waals surface area contributed by atoms with Crippen LogP contribution in [0.3, 0.4) is 0 Å². The summed E-state index contributed by atoms with van der Waals surface area (Å²) in [5.74, 6) is 0.855. The van der Waals surface area contributed by atoms with E-state index < -0.39 is 17.7 Å². The van der Waals surface area contributed by atoms with Gasteiger partial charge in [-0.3, -0.25) is 0 Å². The van der Waals surface area contributed by atoms with Crippen molar-refractivity contribution in [2.24, 2.45) is 16.5 Å². The number of hydrogen-bond acceptors (Lipinski definition) is 4. The Hall–Kier alpha value is -2.81. The largest absolute Gasteiger partial charge is 0.507 e. The summed E-state index contributed by atoms with van der Waals surface area (Å²) in [6, 6.07) is 3.52. The summed E-state index contributed by atoms with van der Waals surface area (Å²) in [7, 11) is 0. The first-order valence-electron chi connectivity index (χ1n) is 11.3. The fourth-order valence-electron chi connectivity index (χ4n) is 4.33. The van der Waals surface area contributed by atoms with Gasteiger partial charge in [0, 0.05) is 5.56 Å². The molecule has 6 nitrogen and oxygen atoms in total. The van der Waals surface area contributed by atoms with Crippen molar-refractivity contribution in [1.29, 1.82) is 0 Å². The van der Waals surface area contributed by atoms with Crippen LogP contribution in [0.15, 0.2) is 23.2 Å². The molecule has 1 aliphatic heterocycles. The quantitative estimate of drug-likeness (QED) is 0.238. The van der Waals surface area contributed by atoms with Crippen molar-refractivity contribution in [3.8, 4) is 17.2 Å². The highest BCUT2D eigenvalue weighted by Gasteiger charge is 2.35. The van der Waals surface area contributed by atoms with Crippen molar-refractivity contribution in [3.63, 3.8) is 0 Å². The summed E-state index contributed by atoms with van der Waals surface area (Å²) < 4.78 is 52.0. The summed E-state index contributed by atoms with van der Waals surface area (Å²) >= 11 is 0. The van der Waals surface area contributed by atoms with Gasteiger partial charge in [-0.1, -0.05) is 0 Å². The summed E-state index contributed by atoms with van der Waals surface area (Å²) in [5.41, 5.74) is 12.5. The number of nitrogens with zero attached hydrogens (tertiary/aromatic N) is 1. The maximum absolute atomic E-state index is 13.3. The molecule has 0 fully saturated rings. The molecule has 1 aliphatic rings. The Balaban J connectivity index is 0.00000432. The molecular formula is C25H33ClF3N3O3. The molecule has 5 N–H and O–H groups in total. The number of aromatic hydroxyl groups is 1. The third-order valence-electron chi connectivity index (χ3n) is 6.48. The lowest BCUT2D eigenvalue weighted by molar-refractivity contribution is -0.137. The van der Waals surface area contributed by atoms with E-state index in [4.69, 9.17) is 20.9 Å². The number of ether oxygens (including phenoxy) is 2. The van der Waals surface area contributed by atoms with Crippen molar-refractivity contribution >= 4 is 24.1 Å². The number of halogens is 4. The standard InChI is InChI=1S/C25H32F3N3O3.ClH/c1-14-15(2)22-18(16(3)21(14)32)9-11-24(4,34-22)10-5-6-12-33-17-7-8-20(31-23(29)30)19(13-17)25(26,27)28;/h7-8,13,32H,5-6,9-12H2,1-4H3,(H4,29,30,31);1H.